The van der Waals surface area contributed by atoms with Crippen molar-refractivity contribution in [3.05, 3.63) is 41.6 Å². The van der Waals surface area contributed by atoms with E-state index in [1.165, 1.54) is 48.9 Å². The third-order valence-corrected chi connectivity index (χ3v) is 8.03. The fourth-order valence-corrected chi connectivity index (χ4v) is 5.14. The SMILES string of the molecule is CCCC/C=C(/C#CC#CCCCCCC)[Si](C)(C)c1ccccc1. The number of allylic oxidation sites excluding steroid dienone is 2. The van der Waals surface area contributed by atoms with Gasteiger partial charge in [0.1, 0.15) is 8.07 Å². The monoisotopic (exact) mass is 350 g/mol. The first-order chi connectivity index (χ1) is 12.1. The third-order valence-electron chi connectivity index (χ3n) is 4.58. The van der Waals surface area contributed by atoms with Gasteiger partial charge in [0.15, 0.2) is 0 Å². The highest BCUT2D eigenvalue weighted by Crippen LogP contribution is 2.16. The molecule has 1 rings (SSSR count). The second kappa shape index (κ2) is 12.6. The average Bonchev–Trinajstić information content (AvgIpc) is 2.63. The Balaban J connectivity index is 2.83. The van der Waals surface area contributed by atoms with Crippen LogP contribution in [0.15, 0.2) is 41.6 Å². The lowest BCUT2D eigenvalue weighted by atomic mass is 10.2. The molecule has 0 aliphatic rings. The van der Waals surface area contributed by atoms with Crippen molar-refractivity contribution in [1.29, 1.82) is 0 Å². The minimum atomic E-state index is -1.73. The van der Waals surface area contributed by atoms with Crippen molar-refractivity contribution in [2.24, 2.45) is 0 Å². The van der Waals surface area contributed by atoms with Gasteiger partial charge in [-0.15, -0.1) is 0 Å². The number of unbranched alkanes of at least 4 members (excludes halogenated alkanes) is 6. The van der Waals surface area contributed by atoms with Gasteiger partial charge in [-0.1, -0.05) is 112 Å². The Labute approximate surface area is 157 Å². The first kappa shape index (κ1) is 21.3. The summed E-state index contributed by atoms with van der Waals surface area (Å²) in [5, 5.41) is 2.77. The van der Waals surface area contributed by atoms with Gasteiger partial charge in [0.25, 0.3) is 0 Å². The molecule has 1 aromatic carbocycles. The average molecular weight is 351 g/mol. The molecular weight excluding hydrogens is 316 g/mol. The zero-order valence-electron chi connectivity index (χ0n) is 16.6. The van der Waals surface area contributed by atoms with Crippen molar-refractivity contribution in [1.82, 2.24) is 0 Å². The van der Waals surface area contributed by atoms with Gasteiger partial charge < -0.3 is 0 Å². The summed E-state index contributed by atoms with van der Waals surface area (Å²) in [7, 11) is -1.73. The van der Waals surface area contributed by atoms with Crippen molar-refractivity contribution in [2.75, 3.05) is 0 Å². The minimum Gasteiger partial charge on any atom is -0.0891 e. The molecule has 0 fully saturated rings. The van der Waals surface area contributed by atoms with Gasteiger partial charge in [-0.2, -0.15) is 0 Å². The van der Waals surface area contributed by atoms with Crippen molar-refractivity contribution in [3.63, 3.8) is 0 Å². The molecule has 0 atom stereocenters. The van der Waals surface area contributed by atoms with E-state index in [4.69, 9.17) is 0 Å². The van der Waals surface area contributed by atoms with E-state index in [-0.39, 0.29) is 0 Å². The molecule has 1 aromatic rings. The molecule has 0 unspecified atom stereocenters. The van der Waals surface area contributed by atoms with Crippen LogP contribution in [-0.2, 0) is 0 Å². The Morgan fingerprint density at radius 2 is 1.64 bits per heavy atom. The van der Waals surface area contributed by atoms with E-state index in [1.54, 1.807) is 0 Å². The Morgan fingerprint density at radius 3 is 2.32 bits per heavy atom. The molecule has 0 N–H and O–H groups in total. The smallest absolute Gasteiger partial charge is 0.0891 e. The molecular formula is C24H34Si. The highest BCUT2D eigenvalue weighted by molar-refractivity contribution is 6.96. The van der Waals surface area contributed by atoms with Gasteiger partial charge in [-0.05, 0) is 29.9 Å². The van der Waals surface area contributed by atoms with Crippen LogP contribution in [-0.4, -0.2) is 8.07 Å². The van der Waals surface area contributed by atoms with Crippen LogP contribution in [0.1, 0.15) is 65.2 Å². The van der Waals surface area contributed by atoms with E-state index in [1.807, 2.05) is 0 Å². The van der Waals surface area contributed by atoms with Crippen LogP contribution in [0.3, 0.4) is 0 Å². The second-order valence-electron chi connectivity index (χ2n) is 7.11. The predicted octanol–water partition coefficient (Wildman–Crippen LogP) is 6.24. The van der Waals surface area contributed by atoms with E-state index in [0.717, 1.165) is 12.8 Å². The number of rotatable bonds is 9. The van der Waals surface area contributed by atoms with Crippen LogP contribution in [0, 0.1) is 23.7 Å². The summed E-state index contributed by atoms with van der Waals surface area (Å²) in [6, 6.07) is 10.9. The molecule has 25 heavy (non-hydrogen) atoms. The molecule has 0 saturated heterocycles. The van der Waals surface area contributed by atoms with Crippen LogP contribution in [0.25, 0.3) is 0 Å². The van der Waals surface area contributed by atoms with Gasteiger partial charge in [0.05, 0.1) is 0 Å². The van der Waals surface area contributed by atoms with Crippen molar-refractivity contribution >= 4 is 13.3 Å². The molecule has 0 aromatic heterocycles. The fourth-order valence-electron chi connectivity index (χ4n) is 2.77. The Morgan fingerprint density at radius 1 is 0.920 bits per heavy atom. The fraction of sp³-hybridized carbons (Fsp3) is 0.500. The zero-order chi connectivity index (χ0) is 18.4. The molecule has 0 radical (unpaired) electrons. The van der Waals surface area contributed by atoms with E-state index < -0.39 is 8.07 Å². The summed E-state index contributed by atoms with van der Waals surface area (Å²) < 4.78 is 0. The maximum absolute atomic E-state index is 3.42. The minimum absolute atomic E-state index is 0.975. The standard InChI is InChI=1S/C24H34Si/c1-5-7-9-10-11-12-13-16-20-23(19-15-8-6-2)25(3,4)24-21-17-14-18-22-24/h14,17-19,21-22H,5-11,15H2,1-4H3/b23-19-. The zero-order valence-corrected chi connectivity index (χ0v) is 17.6. The van der Waals surface area contributed by atoms with E-state index >= 15 is 0 Å². The van der Waals surface area contributed by atoms with Gasteiger partial charge in [-0.25, -0.2) is 0 Å². The van der Waals surface area contributed by atoms with Crippen LogP contribution in [0.4, 0.5) is 0 Å². The van der Waals surface area contributed by atoms with E-state index in [2.05, 4.69) is 87.0 Å². The van der Waals surface area contributed by atoms with Crippen LogP contribution in [0.2, 0.25) is 13.1 Å². The Kier molecular flexibility index (Phi) is 10.8. The molecule has 0 bridgehead atoms. The third kappa shape index (κ3) is 8.29. The summed E-state index contributed by atoms with van der Waals surface area (Å²) >= 11 is 0. The summed E-state index contributed by atoms with van der Waals surface area (Å²) in [5.74, 6) is 12.9. The quantitative estimate of drug-likeness (QED) is 0.281. The van der Waals surface area contributed by atoms with Gasteiger partial charge in [-0.3, -0.25) is 0 Å². The largest absolute Gasteiger partial charge is 0.122 e. The molecule has 0 aliphatic carbocycles. The predicted molar refractivity (Wildman–Crippen MR) is 115 cm³/mol. The molecule has 134 valence electrons. The first-order valence-corrected chi connectivity index (χ1v) is 12.9. The first-order valence-electron chi connectivity index (χ1n) is 9.88. The van der Waals surface area contributed by atoms with Crippen molar-refractivity contribution < 1.29 is 0 Å². The molecule has 0 aliphatic heterocycles. The second-order valence-corrected chi connectivity index (χ2v) is 11.5. The lowest BCUT2D eigenvalue weighted by Gasteiger charge is -2.23. The normalized spacial score (nSPS) is 11.3. The lowest BCUT2D eigenvalue weighted by molar-refractivity contribution is 0.680. The number of hydrogen-bond donors (Lipinski definition) is 0. The maximum atomic E-state index is 3.42. The van der Waals surface area contributed by atoms with Gasteiger partial charge >= 0.3 is 0 Å². The maximum Gasteiger partial charge on any atom is 0.122 e. The van der Waals surface area contributed by atoms with E-state index in [9.17, 15) is 0 Å². The summed E-state index contributed by atoms with van der Waals surface area (Å²) in [6.07, 6.45) is 12.0. The Hall–Kier alpha value is -1.70. The van der Waals surface area contributed by atoms with Crippen molar-refractivity contribution in [2.45, 2.75) is 78.3 Å². The summed E-state index contributed by atoms with van der Waals surface area (Å²) in [5.41, 5.74) is 0. The molecule has 0 heterocycles. The Bertz CT molecular complexity index is 629. The summed E-state index contributed by atoms with van der Waals surface area (Å²) in [6.45, 7) is 9.27. The number of hydrogen-bond acceptors (Lipinski definition) is 0. The lowest BCUT2D eigenvalue weighted by Crippen LogP contribution is -2.43. The van der Waals surface area contributed by atoms with Crippen LogP contribution >= 0.6 is 0 Å². The van der Waals surface area contributed by atoms with Gasteiger partial charge in [0, 0.05) is 6.42 Å². The molecule has 0 amide bonds. The molecule has 0 spiro atoms. The number of benzene rings is 1. The molecule has 0 saturated carbocycles. The van der Waals surface area contributed by atoms with Crippen LogP contribution in [0.5, 0.6) is 0 Å². The van der Waals surface area contributed by atoms with E-state index in [0.29, 0.717) is 0 Å². The van der Waals surface area contributed by atoms with Crippen LogP contribution < -0.4 is 5.19 Å². The van der Waals surface area contributed by atoms with Crippen molar-refractivity contribution in [3.8, 4) is 23.7 Å². The van der Waals surface area contributed by atoms with Gasteiger partial charge in [0.2, 0.25) is 0 Å². The highest BCUT2D eigenvalue weighted by Gasteiger charge is 2.27. The molecule has 1 heteroatoms. The molecule has 0 nitrogen and oxygen atoms in total. The summed E-state index contributed by atoms with van der Waals surface area (Å²) in [4.78, 5) is 0. The topological polar surface area (TPSA) is 0 Å². The highest BCUT2D eigenvalue weighted by atomic mass is 28.3.